The zero-order valence-corrected chi connectivity index (χ0v) is 16.0. The number of piperidine rings is 2. The van der Waals surface area contributed by atoms with Crippen LogP contribution in [0.3, 0.4) is 0 Å². The minimum absolute atomic E-state index is 0.176. The molecule has 0 atom stereocenters. The molecule has 3 saturated heterocycles. The lowest BCUT2D eigenvalue weighted by Gasteiger charge is -2.33. The molecule has 0 aromatic heterocycles. The molecule has 0 saturated carbocycles. The summed E-state index contributed by atoms with van der Waals surface area (Å²) in [5.74, 6) is 1.25. The van der Waals surface area contributed by atoms with E-state index in [-0.39, 0.29) is 11.8 Å². The molecule has 3 amide bonds. The Morgan fingerprint density at radius 3 is 2.12 bits per heavy atom. The van der Waals surface area contributed by atoms with E-state index in [9.17, 15) is 14.4 Å². The fraction of sp³-hybridized carbons (Fsp3) is 0.850. The van der Waals surface area contributed by atoms with Crippen molar-refractivity contribution in [3.05, 3.63) is 0 Å². The Morgan fingerprint density at radius 2 is 1.42 bits per heavy atom. The second-order valence-electron chi connectivity index (χ2n) is 8.04. The number of likely N-dealkylation sites (tertiary alicyclic amines) is 3. The Labute approximate surface area is 156 Å². The van der Waals surface area contributed by atoms with Crippen LogP contribution in [0, 0.1) is 5.92 Å². The second-order valence-corrected chi connectivity index (χ2v) is 8.04. The molecule has 0 unspecified atom stereocenters. The van der Waals surface area contributed by atoms with Gasteiger partial charge in [0.1, 0.15) is 0 Å². The first-order valence-corrected chi connectivity index (χ1v) is 10.5. The van der Waals surface area contributed by atoms with Gasteiger partial charge in [0.15, 0.2) is 0 Å². The maximum absolute atomic E-state index is 12.4. The molecule has 0 aliphatic carbocycles. The largest absolute Gasteiger partial charge is 0.343 e. The number of rotatable bonds is 6. The fourth-order valence-electron chi connectivity index (χ4n) is 4.41. The standard InChI is InChI=1S/C20H33N3O3/c24-18-5-1-2-11-22(18)16-10-20(26)23-14-8-17(9-15-23)6-7-19(25)21-12-3-4-13-21/h17H,1-16H2. The summed E-state index contributed by atoms with van der Waals surface area (Å²) in [5, 5.41) is 0. The molecule has 3 aliphatic heterocycles. The predicted octanol–water partition coefficient (Wildman–Crippen LogP) is 2.03. The van der Waals surface area contributed by atoms with Gasteiger partial charge in [0.25, 0.3) is 0 Å². The highest BCUT2D eigenvalue weighted by Crippen LogP contribution is 2.23. The van der Waals surface area contributed by atoms with Crippen LogP contribution in [0.25, 0.3) is 0 Å². The van der Waals surface area contributed by atoms with Crippen molar-refractivity contribution in [3.63, 3.8) is 0 Å². The summed E-state index contributed by atoms with van der Waals surface area (Å²) in [5.41, 5.74) is 0. The van der Waals surface area contributed by atoms with Crippen molar-refractivity contribution in [1.82, 2.24) is 14.7 Å². The van der Waals surface area contributed by atoms with E-state index in [2.05, 4.69) is 0 Å². The van der Waals surface area contributed by atoms with Crippen molar-refractivity contribution >= 4 is 17.7 Å². The van der Waals surface area contributed by atoms with Crippen LogP contribution >= 0.6 is 0 Å². The van der Waals surface area contributed by atoms with Crippen molar-refractivity contribution in [3.8, 4) is 0 Å². The molecule has 0 N–H and O–H groups in total. The molecule has 3 fully saturated rings. The van der Waals surface area contributed by atoms with E-state index in [0.29, 0.717) is 37.6 Å². The van der Waals surface area contributed by atoms with Crippen LogP contribution < -0.4 is 0 Å². The molecule has 3 heterocycles. The van der Waals surface area contributed by atoms with E-state index in [1.165, 1.54) is 0 Å². The van der Waals surface area contributed by atoms with Gasteiger partial charge in [0.2, 0.25) is 17.7 Å². The van der Waals surface area contributed by atoms with E-state index >= 15 is 0 Å². The van der Waals surface area contributed by atoms with E-state index in [1.807, 2.05) is 14.7 Å². The molecular weight excluding hydrogens is 330 g/mol. The highest BCUT2D eigenvalue weighted by atomic mass is 16.2. The molecule has 0 aromatic carbocycles. The Morgan fingerprint density at radius 1 is 0.808 bits per heavy atom. The van der Waals surface area contributed by atoms with Gasteiger partial charge < -0.3 is 14.7 Å². The number of hydrogen-bond donors (Lipinski definition) is 0. The number of carbonyl (C=O) groups excluding carboxylic acids is 3. The van der Waals surface area contributed by atoms with E-state index < -0.39 is 0 Å². The van der Waals surface area contributed by atoms with Crippen LogP contribution in [0.5, 0.6) is 0 Å². The Hall–Kier alpha value is -1.59. The summed E-state index contributed by atoms with van der Waals surface area (Å²) in [6, 6.07) is 0. The Kier molecular flexibility index (Phi) is 6.92. The third-order valence-corrected chi connectivity index (χ3v) is 6.21. The van der Waals surface area contributed by atoms with Crippen LogP contribution in [0.4, 0.5) is 0 Å². The number of carbonyl (C=O) groups is 3. The highest BCUT2D eigenvalue weighted by Gasteiger charge is 2.26. The van der Waals surface area contributed by atoms with Gasteiger partial charge in [-0.05, 0) is 50.9 Å². The normalized spacial score (nSPS) is 22.2. The van der Waals surface area contributed by atoms with Crippen LogP contribution in [0.1, 0.15) is 64.2 Å². The zero-order valence-electron chi connectivity index (χ0n) is 16.0. The first-order chi connectivity index (χ1) is 12.6. The summed E-state index contributed by atoms with van der Waals surface area (Å²) in [4.78, 5) is 42.2. The van der Waals surface area contributed by atoms with Gasteiger partial charge in [-0.25, -0.2) is 0 Å². The summed E-state index contributed by atoms with van der Waals surface area (Å²) in [6.45, 7) is 4.85. The molecule has 26 heavy (non-hydrogen) atoms. The topological polar surface area (TPSA) is 60.9 Å². The van der Waals surface area contributed by atoms with Crippen LogP contribution in [-0.4, -0.2) is 71.7 Å². The quantitative estimate of drug-likeness (QED) is 0.725. The van der Waals surface area contributed by atoms with Gasteiger partial charge in [-0.3, -0.25) is 14.4 Å². The van der Waals surface area contributed by atoms with Gasteiger partial charge >= 0.3 is 0 Å². The predicted molar refractivity (Wildman–Crippen MR) is 99.4 cm³/mol. The van der Waals surface area contributed by atoms with Gasteiger partial charge in [-0.2, -0.15) is 0 Å². The van der Waals surface area contributed by atoms with Crippen molar-refractivity contribution in [2.24, 2.45) is 5.92 Å². The maximum Gasteiger partial charge on any atom is 0.224 e. The average Bonchev–Trinajstić information content (AvgIpc) is 3.20. The average molecular weight is 364 g/mol. The van der Waals surface area contributed by atoms with Crippen molar-refractivity contribution in [1.29, 1.82) is 0 Å². The molecule has 6 heteroatoms. The van der Waals surface area contributed by atoms with E-state index in [0.717, 1.165) is 77.7 Å². The Bertz CT molecular complexity index is 508. The van der Waals surface area contributed by atoms with Crippen molar-refractivity contribution in [2.75, 3.05) is 39.3 Å². The molecule has 3 aliphatic rings. The number of nitrogens with zero attached hydrogens (tertiary/aromatic N) is 3. The van der Waals surface area contributed by atoms with Crippen LogP contribution in [0.2, 0.25) is 0 Å². The summed E-state index contributed by atoms with van der Waals surface area (Å²) in [7, 11) is 0. The summed E-state index contributed by atoms with van der Waals surface area (Å²) < 4.78 is 0. The van der Waals surface area contributed by atoms with Crippen molar-refractivity contribution < 1.29 is 14.4 Å². The Balaban J connectivity index is 1.31. The monoisotopic (exact) mass is 363 g/mol. The van der Waals surface area contributed by atoms with Gasteiger partial charge in [0.05, 0.1) is 0 Å². The molecule has 0 spiro atoms. The third kappa shape index (κ3) is 5.21. The fourth-order valence-corrected chi connectivity index (χ4v) is 4.41. The number of hydrogen-bond acceptors (Lipinski definition) is 3. The first kappa shape index (κ1) is 19.2. The zero-order chi connectivity index (χ0) is 18.4. The maximum atomic E-state index is 12.4. The van der Waals surface area contributed by atoms with Crippen LogP contribution in [0.15, 0.2) is 0 Å². The molecule has 0 aromatic rings. The minimum atomic E-state index is 0.176. The first-order valence-electron chi connectivity index (χ1n) is 10.5. The molecule has 0 radical (unpaired) electrons. The summed E-state index contributed by atoms with van der Waals surface area (Å²) in [6.07, 6.45) is 9.04. The van der Waals surface area contributed by atoms with Crippen LogP contribution in [-0.2, 0) is 14.4 Å². The van der Waals surface area contributed by atoms with Gasteiger partial charge in [0, 0.05) is 58.5 Å². The van der Waals surface area contributed by atoms with Crippen molar-refractivity contribution in [2.45, 2.75) is 64.2 Å². The lowest BCUT2D eigenvalue weighted by molar-refractivity contribution is -0.137. The molecule has 146 valence electrons. The smallest absolute Gasteiger partial charge is 0.224 e. The lowest BCUT2D eigenvalue weighted by Crippen LogP contribution is -2.42. The van der Waals surface area contributed by atoms with E-state index in [1.54, 1.807) is 0 Å². The molecule has 0 bridgehead atoms. The minimum Gasteiger partial charge on any atom is -0.343 e. The second kappa shape index (κ2) is 9.38. The molecular formula is C20H33N3O3. The number of amides is 3. The lowest BCUT2D eigenvalue weighted by atomic mass is 9.92. The van der Waals surface area contributed by atoms with Gasteiger partial charge in [-0.1, -0.05) is 0 Å². The summed E-state index contributed by atoms with van der Waals surface area (Å²) >= 11 is 0. The highest BCUT2D eigenvalue weighted by molar-refractivity contribution is 5.79. The molecule has 6 nitrogen and oxygen atoms in total. The van der Waals surface area contributed by atoms with Gasteiger partial charge in [-0.15, -0.1) is 0 Å². The van der Waals surface area contributed by atoms with E-state index in [4.69, 9.17) is 0 Å². The SMILES string of the molecule is O=C(CCC1CCN(C(=O)CCN2CCCCC2=O)CC1)N1CCCC1. The third-order valence-electron chi connectivity index (χ3n) is 6.21. The molecule has 3 rings (SSSR count).